The summed E-state index contributed by atoms with van der Waals surface area (Å²) in [4.78, 5) is 11.8. The van der Waals surface area contributed by atoms with Crippen LogP contribution in [0.5, 0.6) is 0 Å². The van der Waals surface area contributed by atoms with Crippen LogP contribution in [0.4, 0.5) is 5.69 Å². The van der Waals surface area contributed by atoms with Crippen LogP contribution in [0.2, 0.25) is 0 Å². The van der Waals surface area contributed by atoms with Crippen LogP contribution >= 0.6 is 0 Å². The lowest BCUT2D eigenvalue weighted by Gasteiger charge is -2.12. The van der Waals surface area contributed by atoms with Crippen molar-refractivity contribution >= 4 is 11.7 Å². The highest BCUT2D eigenvalue weighted by Crippen LogP contribution is 2.22. The number of aromatic nitrogens is 3. The molecule has 0 spiro atoms. The summed E-state index contributed by atoms with van der Waals surface area (Å²) in [5.41, 5.74) is 3.90. The van der Waals surface area contributed by atoms with Crippen molar-refractivity contribution in [3.05, 3.63) is 59.2 Å². The Kier molecular flexibility index (Phi) is 4.83. The molecule has 1 aromatic carbocycles. The molecule has 130 valence electrons. The van der Waals surface area contributed by atoms with E-state index in [-0.39, 0.29) is 5.69 Å². The predicted molar refractivity (Wildman–Crippen MR) is 92.8 cm³/mol. The molecule has 0 atom stereocenters. The topological polar surface area (TPSA) is 82.2 Å². The number of carbonyl (C=O) groups is 1. The zero-order chi connectivity index (χ0) is 17.8. The van der Waals surface area contributed by atoms with E-state index in [4.69, 9.17) is 9.26 Å². The molecule has 0 saturated heterocycles. The van der Waals surface area contributed by atoms with Crippen molar-refractivity contribution in [3.8, 4) is 5.69 Å². The first kappa shape index (κ1) is 16.8. The van der Waals surface area contributed by atoms with Crippen molar-refractivity contribution in [1.82, 2.24) is 14.9 Å². The van der Waals surface area contributed by atoms with Gasteiger partial charge in [-0.25, -0.2) is 9.48 Å². The van der Waals surface area contributed by atoms with Crippen molar-refractivity contribution in [2.45, 2.75) is 27.3 Å². The van der Waals surface area contributed by atoms with Gasteiger partial charge in [-0.1, -0.05) is 17.3 Å². The number of hydrogen-bond donors (Lipinski definition) is 1. The fourth-order valence-corrected chi connectivity index (χ4v) is 2.53. The average molecular weight is 340 g/mol. The van der Waals surface area contributed by atoms with E-state index in [0.717, 1.165) is 28.4 Å². The van der Waals surface area contributed by atoms with Gasteiger partial charge in [-0.2, -0.15) is 5.10 Å². The standard InChI is InChI=1S/C18H20N4O3/c1-4-24-18(23)16-9-10-22(20-16)17-8-6-5-7-15(17)19-11-14-12(2)21-25-13(14)3/h5-10,19H,4,11H2,1-3H3. The highest BCUT2D eigenvalue weighted by molar-refractivity contribution is 5.87. The second-order valence-corrected chi connectivity index (χ2v) is 5.54. The second kappa shape index (κ2) is 7.21. The Morgan fingerprint density at radius 1 is 1.28 bits per heavy atom. The van der Waals surface area contributed by atoms with E-state index in [1.807, 2.05) is 38.1 Å². The molecule has 7 nitrogen and oxygen atoms in total. The Morgan fingerprint density at radius 2 is 2.08 bits per heavy atom. The van der Waals surface area contributed by atoms with E-state index in [1.54, 1.807) is 23.9 Å². The van der Waals surface area contributed by atoms with Gasteiger partial charge in [-0.3, -0.25) is 0 Å². The van der Waals surface area contributed by atoms with E-state index in [9.17, 15) is 4.79 Å². The van der Waals surface area contributed by atoms with Gasteiger partial charge in [-0.15, -0.1) is 0 Å². The van der Waals surface area contributed by atoms with Crippen molar-refractivity contribution in [2.75, 3.05) is 11.9 Å². The summed E-state index contributed by atoms with van der Waals surface area (Å²) < 4.78 is 11.8. The van der Waals surface area contributed by atoms with Crippen LogP contribution in [0, 0.1) is 13.8 Å². The van der Waals surface area contributed by atoms with Gasteiger partial charge in [0.05, 0.1) is 23.7 Å². The number of nitrogens with one attached hydrogen (secondary N) is 1. The number of benzene rings is 1. The summed E-state index contributed by atoms with van der Waals surface area (Å²) >= 11 is 0. The maximum Gasteiger partial charge on any atom is 0.358 e. The maximum absolute atomic E-state index is 11.8. The summed E-state index contributed by atoms with van der Waals surface area (Å²) in [6.07, 6.45) is 1.74. The van der Waals surface area contributed by atoms with Crippen molar-refractivity contribution < 1.29 is 14.1 Å². The van der Waals surface area contributed by atoms with E-state index in [2.05, 4.69) is 15.6 Å². The molecule has 0 amide bonds. The molecule has 0 radical (unpaired) electrons. The van der Waals surface area contributed by atoms with Gasteiger partial charge >= 0.3 is 5.97 Å². The molecule has 0 fully saturated rings. The average Bonchev–Trinajstić information content (AvgIpc) is 3.21. The number of carbonyl (C=O) groups excluding carboxylic acids is 1. The fraction of sp³-hybridized carbons (Fsp3) is 0.278. The van der Waals surface area contributed by atoms with Gasteiger partial charge in [0.2, 0.25) is 0 Å². The first-order valence-corrected chi connectivity index (χ1v) is 8.08. The number of nitrogens with zero attached hydrogens (tertiary/aromatic N) is 3. The van der Waals surface area contributed by atoms with Gasteiger partial charge in [0.15, 0.2) is 5.69 Å². The summed E-state index contributed by atoms with van der Waals surface area (Å²) in [5, 5.41) is 11.7. The maximum atomic E-state index is 11.8. The smallest absolute Gasteiger partial charge is 0.358 e. The number of aryl methyl sites for hydroxylation is 2. The normalized spacial score (nSPS) is 10.7. The minimum Gasteiger partial charge on any atom is -0.461 e. The van der Waals surface area contributed by atoms with Crippen LogP contribution < -0.4 is 5.32 Å². The molecule has 0 aliphatic carbocycles. The molecular formula is C18H20N4O3. The summed E-state index contributed by atoms with van der Waals surface area (Å²) in [5.74, 6) is 0.369. The molecule has 0 bridgehead atoms. The van der Waals surface area contributed by atoms with Gasteiger partial charge in [0, 0.05) is 18.3 Å². The number of ether oxygens (including phenoxy) is 1. The highest BCUT2D eigenvalue weighted by atomic mass is 16.5. The predicted octanol–water partition coefficient (Wildman–Crippen LogP) is 3.27. The third-order valence-corrected chi connectivity index (χ3v) is 3.86. The number of anilines is 1. The molecule has 0 saturated carbocycles. The minimum atomic E-state index is -0.428. The van der Waals surface area contributed by atoms with E-state index >= 15 is 0 Å². The number of esters is 1. The van der Waals surface area contributed by atoms with Gasteiger partial charge in [0.1, 0.15) is 5.76 Å². The molecule has 25 heavy (non-hydrogen) atoms. The van der Waals surface area contributed by atoms with Gasteiger partial charge in [0.25, 0.3) is 0 Å². The van der Waals surface area contributed by atoms with Crippen LogP contribution in [0.15, 0.2) is 41.1 Å². The Morgan fingerprint density at radius 3 is 2.80 bits per heavy atom. The first-order chi connectivity index (χ1) is 12.1. The summed E-state index contributed by atoms with van der Waals surface area (Å²) in [6.45, 7) is 6.48. The molecule has 2 heterocycles. The first-order valence-electron chi connectivity index (χ1n) is 8.08. The van der Waals surface area contributed by atoms with Crippen LogP contribution in [0.3, 0.4) is 0 Å². The Balaban J connectivity index is 1.83. The monoisotopic (exact) mass is 340 g/mol. The molecule has 3 rings (SSSR count). The fourth-order valence-electron chi connectivity index (χ4n) is 2.53. The Bertz CT molecular complexity index is 863. The van der Waals surface area contributed by atoms with Crippen molar-refractivity contribution in [3.63, 3.8) is 0 Å². The van der Waals surface area contributed by atoms with Gasteiger partial charge in [-0.05, 0) is 39.0 Å². The lowest BCUT2D eigenvalue weighted by molar-refractivity contribution is 0.0519. The lowest BCUT2D eigenvalue weighted by atomic mass is 10.2. The Labute approximate surface area is 145 Å². The van der Waals surface area contributed by atoms with E-state index in [0.29, 0.717) is 13.2 Å². The SMILES string of the molecule is CCOC(=O)c1ccn(-c2ccccc2NCc2c(C)noc2C)n1. The number of hydrogen-bond acceptors (Lipinski definition) is 6. The molecule has 1 N–H and O–H groups in total. The van der Waals surface area contributed by atoms with Crippen LogP contribution in [0.1, 0.15) is 34.4 Å². The number of rotatable bonds is 6. The van der Waals surface area contributed by atoms with E-state index < -0.39 is 5.97 Å². The molecule has 0 unspecified atom stereocenters. The Hall–Kier alpha value is -3.09. The zero-order valence-corrected chi connectivity index (χ0v) is 14.4. The minimum absolute atomic E-state index is 0.280. The molecule has 3 aromatic rings. The van der Waals surface area contributed by atoms with Gasteiger partial charge < -0.3 is 14.6 Å². The summed E-state index contributed by atoms with van der Waals surface area (Å²) in [6, 6.07) is 9.39. The molecule has 2 aromatic heterocycles. The molecule has 0 aliphatic heterocycles. The highest BCUT2D eigenvalue weighted by Gasteiger charge is 2.13. The molecule has 7 heteroatoms. The summed E-state index contributed by atoms with van der Waals surface area (Å²) in [7, 11) is 0. The van der Waals surface area contributed by atoms with Crippen molar-refractivity contribution in [1.29, 1.82) is 0 Å². The quantitative estimate of drug-likeness (QED) is 0.694. The third-order valence-electron chi connectivity index (χ3n) is 3.86. The lowest BCUT2D eigenvalue weighted by Crippen LogP contribution is -2.08. The third kappa shape index (κ3) is 3.55. The molecule has 0 aliphatic rings. The van der Waals surface area contributed by atoms with E-state index in [1.165, 1.54) is 0 Å². The van der Waals surface area contributed by atoms with Crippen LogP contribution in [-0.2, 0) is 11.3 Å². The van der Waals surface area contributed by atoms with Crippen LogP contribution in [0.25, 0.3) is 5.69 Å². The van der Waals surface area contributed by atoms with Crippen molar-refractivity contribution in [2.24, 2.45) is 0 Å². The zero-order valence-electron chi connectivity index (χ0n) is 14.4. The largest absolute Gasteiger partial charge is 0.461 e. The number of para-hydroxylation sites is 2. The van der Waals surface area contributed by atoms with Crippen LogP contribution in [-0.4, -0.2) is 27.5 Å². The second-order valence-electron chi connectivity index (χ2n) is 5.54. The molecular weight excluding hydrogens is 320 g/mol.